The lowest BCUT2D eigenvalue weighted by Gasteiger charge is -1.78. The van der Waals surface area contributed by atoms with Gasteiger partial charge in [-0.25, -0.2) is 0 Å². The SMILES string of the molecule is BCCCC.F.F.F.F.c1ccncc1. The zero-order valence-electron chi connectivity index (χ0n) is 9.09. The highest BCUT2D eigenvalue weighted by Gasteiger charge is 1.68. The molecule has 1 rings (SSSR count). The molecule has 0 atom stereocenters. The van der Waals surface area contributed by atoms with Crippen molar-refractivity contribution < 1.29 is 18.8 Å². The lowest BCUT2D eigenvalue weighted by molar-refractivity contribution is 0.884. The molecule has 92 valence electrons. The summed E-state index contributed by atoms with van der Waals surface area (Å²) in [4.78, 5) is 3.78. The molecular weight excluding hydrogens is 209 g/mol. The van der Waals surface area contributed by atoms with Crippen LogP contribution in [-0.4, -0.2) is 12.8 Å². The van der Waals surface area contributed by atoms with Gasteiger partial charge in [0.1, 0.15) is 7.85 Å². The number of pyridine rings is 1. The Labute approximate surface area is 89.2 Å². The molecule has 1 aromatic heterocycles. The summed E-state index contributed by atoms with van der Waals surface area (Å²) in [7, 11) is 2.21. The van der Waals surface area contributed by atoms with Gasteiger partial charge in [0.15, 0.2) is 0 Å². The van der Waals surface area contributed by atoms with E-state index in [1.165, 1.54) is 19.2 Å². The summed E-state index contributed by atoms with van der Waals surface area (Å²) >= 11 is 0. The zero-order chi connectivity index (χ0) is 8.36. The van der Waals surface area contributed by atoms with Gasteiger partial charge < -0.3 is 0 Å². The monoisotopic (exact) mass is 229 g/mol. The maximum absolute atomic E-state index is 3.78. The predicted molar refractivity (Wildman–Crippen MR) is 62.5 cm³/mol. The minimum Gasteiger partial charge on any atom is -0.269 e. The number of aromatic nitrogens is 1. The van der Waals surface area contributed by atoms with Crippen LogP contribution in [-0.2, 0) is 0 Å². The van der Waals surface area contributed by atoms with Crippen LogP contribution >= 0.6 is 0 Å². The van der Waals surface area contributed by atoms with Gasteiger partial charge in [-0.15, -0.1) is 0 Å². The molecule has 1 heterocycles. The van der Waals surface area contributed by atoms with Crippen LogP contribution in [0.25, 0.3) is 0 Å². The number of unbranched alkanes of at least 4 members (excludes halogenated alkanes) is 1. The van der Waals surface area contributed by atoms with Gasteiger partial charge in [-0.1, -0.05) is 32.2 Å². The first-order chi connectivity index (χ1) is 5.41. The third-order valence-corrected chi connectivity index (χ3v) is 1.27. The highest BCUT2D eigenvalue weighted by Crippen LogP contribution is 1.86. The molecule has 0 unspecified atom stereocenters. The summed E-state index contributed by atoms with van der Waals surface area (Å²) in [5, 5.41) is 0. The van der Waals surface area contributed by atoms with Crippen LogP contribution in [0.5, 0.6) is 0 Å². The van der Waals surface area contributed by atoms with Gasteiger partial charge in [0.2, 0.25) is 0 Å². The topological polar surface area (TPSA) is 12.9 Å². The van der Waals surface area contributed by atoms with Gasteiger partial charge in [-0.2, -0.15) is 0 Å². The highest BCUT2D eigenvalue weighted by molar-refractivity contribution is 6.08. The minimum absolute atomic E-state index is 0. The fourth-order valence-electron chi connectivity index (χ4n) is 0.666. The molecule has 0 N–H and O–H groups in total. The molecule has 0 saturated heterocycles. The van der Waals surface area contributed by atoms with Crippen molar-refractivity contribution in [3.05, 3.63) is 30.6 Å². The summed E-state index contributed by atoms with van der Waals surface area (Å²) in [6.45, 7) is 2.21. The maximum atomic E-state index is 3.78. The van der Waals surface area contributed by atoms with E-state index in [1.807, 2.05) is 18.2 Å². The quantitative estimate of drug-likeness (QED) is 0.560. The Hall–Kier alpha value is -1.07. The third-order valence-electron chi connectivity index (χ3n) is 1.27. The predicted octanol–water partition coefficient (Wildman–Crippen LogP) is 2.53. The molecular formula is C9H20BF4N. The number of halogens is 4. The van der Waals surface area contributed by atoms with Crippen LogP contribution in [0, 0.1) is 0 Å². The van der Waals surface area contributed by atoms with Crippen molar-refractivity contribution in [2.24, 2.45) is 0 Å². The van der Waals surface area contributed by atoms with E-state index in [2.05, 4.69) is 19.8 Å². The van der Waals surface area contributed by atoms with E-state index in [0.29, 0.717) is 0 Å². The third kappa shape index (κ3) is 32.2. The Morgan fingerprint density at radius 2 is 1.40 bits per heavy atom. The number of hydrogen-bond donors (Lipinski definition) is 0. The lowest BCUT2D eigenvalue weighted by Crippen LogP contribution is -1.63. The van der Waals surface area contributed by atoms with Crippen molar-refractivity contribution in [2.75, 3.05) is 0 Å². The van der Waals surface area contributed by atoms with E-state index >= 15 is 0 Å². The van der Waals surface area contributed by atoms with Crippen molar-refractivity contribution in [1.29, 1.82) is 0 Å². The highest BCUT2D eigenvalue weighted by atomic mass is 19.0. The zero-order valence-corrected chi connectivity index (χ0v) is 9.09. The summed E-state index contributed by atoms with van der Waals surface area (Å²) in [5.74, 6) is 0. The van der Waals surface area contributed by atoms with Crippen LogP contribution in [0.2, 0.25) is 6.32 Å². The molecule has 0 aliphatic heterocycles. The van der Waals surface area contributed by atoms with Gasteiger partial charge in [-0.05, 0) is 12.1 Å². The van der Waals surface area contributed by atoms with Crippen LogP contribution < -0.4 is 0 Å². The van der Waals surface area contributed by atoms with Crippen molar-refractivity contribution in [2.45, 2.75) is 26.1 Å². The van der Waals surface area contributed by atoms with Gasteiger partial charge in [-0.3, -0.25) is 23.8 Å². The average molecular weight is 229 g/mol. The summed E-state index contributed by atoms with van der Waals surface area (Å²) < 4.78 is 0. The molecule has 0 radical (unpaired) electrons. The van der Waals surface area contributed by atoms with Crippen LogP contribution in [0.3, 0.4) is 0 Å². The summed E-state index contributed by atoms with van der Waals surface area (Å²) in [6, 6.07) is 5.72. The standard InChI is InChI=1S/C5H5N.C4H11B.4FH/c1-2-4-6-5-3-1;1-2-3-4-5;;;;/h1-5H;2-5H2,1H3;4*1H. The first-order valence-electron chi connectivity index (χ1n) is 4.26. The second-order valence-electron chi connectivity index (χ2n) is 2.38. The van der Waals surface area contributed by atoms with Crippen LogP contribution in [0.4, 0.5) is 18.8 Å². The first-order valence-corrected chi connectivity index (χ1v) is 4.26. The molecule has 0 aromatic carbocycles. The molecule has 0 fully saturated rings. The van der Waals surface area contributed by atoms with Crippen LogP contribution in [0.15, 0.2) is 30.6 Å². The summed E-state index contributed by atoms with van der Waals surface area (Å²) in [6.07, 6.45) is 7.58. The molecule has 1 nitrogen and oxygen atoms in total. The average Bonchev–Trinajstić information content (AvgIpc) is 2.10. The molecule has 0 saturated carbocycles. The minimum atomic E-state index is 0. The van der Waals surface area contributed by atoms with E-state index in [4.69, 9.17) is 0 Å². The van der Waals surface area contributed by atoms with Gasteiger partial charge in [0, 0.05) is 12.4 Å². The van der Waals surface area contributed by atoms with Crippen molar-refractivity contribution in [1.82, 2.24) is 4.98 Å². The molecule has 0 aliphatic rings. The van der Waals surface area contributed by atoms with Crippen molar-refractivity contribution in [3.63, 3.8) is 0 Å². The smallest absolute Gasteiger partial charge is 0.101 e. The van der Waals surface area contributed by atoms with Gasteiger partial charge >= 0.3 is 0 Å². The second kappa shape index (κ2) is 29.3. The Balaban J connectivity index is -0.0000000356. The Kier molecular flexibility index (Phi) is 57.0. The van der Waals surface area contributed by atoms with Crippen molar-refractivity contribution in [3.8, 4) is 0 Å². The number of nitrogens with zero attached hydrogens (tertiary/aromatic N) is 1. The van der Waals surface area contributed by atoms with Gasteiger partial charge in [0.25, 0.3) is 0 Å². The largest absolute Gasteiger partial charge is 0.269 e. The fraction of sp³-hybridized carbons (Fsp3) is 0.444. The molecule has 1 aromatic rings. The Bertz CT molecular complexity index is 125. The normalized spacial score (nSPS) is 5.93. The lowest BCUT2D eigenvalue weighted by atomic mass is 10.0. The first kappa shape index (κ1) is 29.2. The molecule has 0 aliphatic carbocycles. The Morgan fingerprint density at radius 1 is 0.933 bits per heavy atom. The fourth-order valence-corrected chi connectivity index (χ4v) is 0.666. The van der Waals surface area contributed by atoms with E-state index in [0.717, 1.165) is 0 Å². The van der Waals surface area contributed by atoms with E-state index in [1.54, 1.807) is 12.4 Å². The van der Waals surface area contributed by atoms with E-state index < -0.39 is 0 Å². The van der Waals surface area contributed by atoms with E-state index in [-0.39, 0.29) is 18.8 Å². The summed E-state index contributed by atoms with van der Waals surface area (Å²) in [5.41, 5.74) is 0. The Morgan fingerprint density at radius 3 is 1.47 bits per heavy atom. The van der Waals surface area contributed by atoms with E-state index in [9.17, 15) is 0 Å². The number of hydrogen-bond acceptors (Lipinski definition) is 1. The molecule has 15 heavy (non-hydrogen) atoms. The molecule has 0 spiro atoms. The van der Waals surface area contributed by atoms with Crippen LogP contribution in [0.1, 0.15) is 19.8 Å². The maximum Gasteiger partial charge on any atom is 0.101 e. The molecule has 0 bridgehead atoms. The van der Waals surface area contributed by atoms with Crippen molar-refractivity contribution >= 4 is 7.85 Å². The molecule has 0 amide bonds. The number of rotatable bonds is 2. The van der Waals surface area contributed by atoms with Gasteiger partial charge in [0.05, 0.1) is 0 Å². The molecule has 6 heteroatoms. The second-order valence-corrected chi connectivity index (χ2v) is 2.38.